The molecule has 0 saturated carbocycles. The Hall–Kier alpha value is -2.84. The number of carbonyl (C=O) groups excluding carboxylic acids is 1. The average molecular weight is 446 g/mol. The largest absolute Gasteiger partial charge is 0.503 e. The van der Waals surface area contributed by atoms with Gasteiger partial charge in [0.25, 0.3) is 5.91 Å². The predicted molar refractivity (Wildman–Crippen MR) is 115 cm³/mol. The number of rotatable bonds is 5. The van der Waals surface area contributed by atoms with E-state index in [1.54, 1.807) is 39.4 Å². The summed E-state index contributed by atoms with van der Waals surface area (Å²) in [6, 6.07) is 5.34. The smallest absolute Gasteiger partial charge is 0.274 e. The zero-order chi connectivity index (χ0) is 21.4. The summed E-state index contributed by atoms with van der Waals surface area (Å²) in [7, 11) is 0. The monoisotopic (exact) mass is 445 g/mol. The van der Waals surface area contributed by atoms with Gasteiger partial charge in [0.15, 0.2) is 11.4 Å². The molecule has 156 valence electrons. The van der Waals surface area contributed by atoms with Crippen molar-refractivity contribution in [3.8, 4) is 22.1 Å². The maximum absolute atomic E-state index is 13.1. The fourth-order valence-electron chi connectivity index (χ4n) is 3.46. The number of thiazole rings is 1. The standard InChI is InChI=1S/C21H20ClN3O4S/c1-12(2)29-15-8-13(7-14(22)9-15)10-25-5-4-24-11-16(20-23-3-6-30-20)18(26)19(27)17(24)21(25)28/h3,6-9,11-12,27H,4-5,10H2,1-2H3. The maximum Gasteiger partial charge on any atom is 0.274 e. The van der Waals surface area contributed by atoms with Crippen molar-refractivity contribution in [2.45, 2.75) is 33.0 Å². The molecule has 30 heavy (non-hydrogen) atoms. The molecule has 3 aromatic rings. The van der Waals surface area contributed by atoms with E-state index >= 15 is 0 Å². The summed E-state index contributed by atoms with van der Waals surface area (Å²) < 4.78 is 7.34. The van der Waals surface area contributed by atoms with Crippen molar-refractivity contribution in [1.29, 1.82) is 0 Å². The number of hydrogen-bond acceptors (Lipinski definition) is 6. The summed E-state index contributed by atoms with van der Waals surface area (Å²) in [6.45, 7) is 5.01. The van der Waals surface area contributed by atoms with Gasteiger partial charge in [0, 0.05) is 42.4 Å². The fraction of sp³-hybridized carbons (Fsp3) is 0.286. The van der Waals surface area contributed by atoms with Crippen LogP contribution in [0.5, 0.6) is 11.5 Å². The van der Waals surface area contributed by atoms with Crippen molar-refractivity contribution in [2.75, 3.05) is 6.54 Å². The zero-order valence-electron chi connectivity index (χ0n) is 16.5. The summed E-state index contributed by atoms with van der Waals surface area (Å²) in [5, 5.41) is 13.3. The molecule has 1 aromatic carbocycles. The number of pyridine rings is 1. The molecule has 7 nitrogen and oxygen atoms in total. The van der Waals surface area contributed by atoms with Gasteiger partial charge in [-0.05, 0) is 37.6 Å². The molecule has 9 heteroatoms. The highest BCUT2D eigenvalue weighted by atomic mass is 35.5. The van der Waals surface area contributed by atoms with Crippen LogP contribution in [-0.4, -0.2) is 38.1 Å². The number of amides is 1. The van der Waals surface area contributed by atoms with Gasteiger partial charge in [-0.3, -0.25) is 9.59 Å². The molecule has 0 spiro atoms. The van der Waals surface area contributed by atoms with Gasteiger partial charge in [0.1, 0.15) is 10.8 Å². The van der Waals surface area contributed by atoms with Crippen molar-refractivity contribution in [3.05, 3.63) is 62.5 Å². The second-order valence-corrected chi connectivity index (χ2v) is 8.62. The van der Waals surface area contributed by atoms with E-state index in [9.17, 15) is 14.7 Å². The van der Waals surface area contributed by atoms with E-state index in [0.29, 0.717) is 28.9 Å². The first-order chi connectivity index (χ1) is 14.3. The maximum atomic E-state index is 13.1. The molecule has 1 N–H and O–H groups in total. The number of aromatic hydroxyl groups is 1. The Kier molecular flexibility index (Phi) is 5.53. The normalized spacial score (nSPS) is 13.6. The first-order valence-electron chi connectivity index (χ1n) is 9.45. The van der Waals surface area contributed by atoms with Crippen LogP contribution in [0.15, 0.2) is 40.8 Å². The minimum atomic E-state index is -0.596. The molecule has 0 saturated heterocycles. The molecule has 0 bridgehead atoms. The van der Waals surface area contributed by atoms with Gasteiger partial charge < -0.3 is 19.3 Å². The van der Waals surface area contributed by atoms with Crippen molar-refractivity contribution in [2.24, 2.45) is 0 Å². The van der Waals surface area contributed by atoms with Crippen molar-refractivity contribution < 1.29 is 14.6 Å². The summed E-state index contributed by atoms with van der Waals surface area (Å²) in [5.74, 6) is -0.329. The van der Waals surface area contributed by atoms with Crippen LogP contribution in [0.1, 0.15) is 29.9 Å². The van der Waals surface area contributed by atoms with Crippen molar-refractivity contribution >= 4 is 28.8 Å². The Morgan fingerprint density at radius 1 is 1.27 bits per heavy atom. The quantitative estimate of drug-likeness (QED) is 0.646. The second-order valence-electron chi connectivity index (χ2n) is 7.29. The molecule has 2 aromatic heterocycles. The first kappa shape index (κ1) is 20.4. The molecule has 4 rings (SSSR count). The Labute approximate surface area is 182 Å². The minimum absolute atomic E-state index is 0.00401. The SMILES string of the molecule is CC(C)Oc1cc(Cl)cc(CN2CCn3cc(-c4nccs4)c(=O)c(O)c3C2=O)c1. The van der Waals surface area contributed by atoms with Crippen molar-refractivity contribution in [3.63, 3.8) is 0 Å². The number of benzene rings is 1. The number of carbonyl (C=O) groups is 1. The molecular weight excluding hydrogens is 426 g/mol. The van der Waals surface area contributed by atoms with Gasteiger partial charge in [0.2, 0.25) is 5.43 Å². The van der Waals surface area contributed by atoms with E-state index in [2.05, 4.69) is 4.98 Å². The van der Waals surface area contributed by atoms with Gasteiger partial charge in [-0.25, -0.2) is 4.98 Å². The molecule has 1 aliphatic heterocycles. The van der Waals surface area contributed by atoms with Crippen LogP contribution >= 0.6 is 22.9 Å². The molecule has 0 radical (unpaired) electrons. The molecule has 0 aliphatic carbocycles. The van der Waals surface area contributed by atoms with Gasteiger partial charge in [-0.15, -0.1) is 11.3 Å². The number of halogens is 1. The lowest BCUT2D eigenvalue weighted by atomic mass is 10.1. The fourth-order valence-corrected chi connectivity index (χ4v) is 4.36. The number of hydrogen-bond donors (Lipinski definition) is 1. The lowest BCUT2D eigenvalue weighted by Gasteiger charge is -2.30. The molecule has 3 heterocycles. The van der Waals surface area contributed by atoms with E-state index < -0.39 is 17.1 Å². The van der Waals surface area contributed by atoms with Crippen LogP contribution in [0.3, 0.4) is 0 Å². The third kappa shape index (κ3) is 3.93. The third-order valence-electron chi connectivity index (χ3n) is 4.70. The summed E-state index contributed by atoms with van der Waals surface area (Å²) >= 11 is 7.51. The van der Waals surface area contributed by atoms with Crippen LogP contribution in [0.2, 0.25) is 5.02 Å². The lowest BCUT2D eigenvalue weighted by Crippen LogP contribution is -2.41. The average Bonchev–Trinajstić information content (AvgIpc) is 3.20. The highest BCUT2D eigenvalue weighted by molar-refractivity contribution is 7.13. The van der Waals surface area contributed by atoms with Crippen LogP contribution in [-0.2, 0) is 13.1 Å². The van der Waals surface area contributed by atoms with Gasteiger partial charge >= 0.3 is 0 Å². The number of ether oxygens (including phenoxy) is 1. The van der Waals surface area contributed by atoms with E-state index in [4.69, 9.17) is 16.3 Å². The summed E-state index contributed by atoms with van der Waals surface area (Å²) in [5.41, 5.74) is 0.494. The minimum Gasteiger partial charge on any atom is -0.503 e. The number of nitrogens with zero attached hydrogens (tertiary/aromatic N) is 3. The van der Waals surface area contributed by atoms with Gasteiger partial charge in [-0.1, -0.05) is 11.6 Å². The Morgan fingerprint density at radius 2 is 2.07 bits per heavy atom. The topological polar surface area (TPSA) is 84.7 Å². The first-order valence-corrected chi connectivity index (χ1v) is 10.7. The molecule has 1 amide bonds. The van der Waals surface area contributed by atoms with Crippen molar-refractivity contribution in [1.82, 2.24) is 14.5 Å². The van der Waals surface area contributed by atoms with E-state index in [1.807, 2.05) is 19.9 Å². The number of aromatic nitrogens is 2. The van der Waals surface area contributed by atoms with Gasteiger partial charge in [0.05, 0.1) is 11.7 Å². The van der Waals surface area contributed by atoms with Crippen LogP contribution in [0.4, 0.5) is 0 Å². The summed E-state index contributed by atoms with van der Waals surface area (Å²) in [4.78, 5) is 31.4. The molecule has 0 atom stereocenters. The van der Waals surface area contributed by atoms with Crippen LogP contribution < -0.4 is 10.2 Å². The van der Waals surface area contributed by atoms with E-state index in [0.717, 1.165) is 5.56 Å². The van der Waals surface area contributed by atoms with E-state index in [1.165, 1.54) is 11.3 Å². The Balaban J connectivity index is 1.64. The summed E-state index contributed by atoms with van der Waals surface area (Å²) in [6.07, 6.45) is 3.19. The predicted octanol–water partition coefficient (Wildman–Crippen LogP) is 3.77. The molecular formula is C21H20ClN3O4S. The molecule has 1 aliphatic rings. The number of fused-ring (bicyclic) bond motifs is 1. The second kappa shape index (κ2) is 8.12. The van der Waals surface area contributed by atoms with E-state index in [-0.39, 0.29) is 23.9 Å². The van der Waals surface area contributed by atoms with Gasteiger partial charge in [-0.2, -0.15) is 0 Å². The molecule has 0 unspecified atom stereocenters. The zero-order valence-corrected chi connectivity index (χ0v) is 18.0. The Bertz CT molecular complexity index is 1160. The Morgan fingerprint density at radius 3 is 2.77 bits per heavy atom. The molecule has 0 fully saturated rings. The van der Waals surface area contributed by atoms with Crippen LogP contribution in [0.25, 0.3) is 10.6 Å². The highest BCUT2D eigenvalue weighted by Gasteiger charge is 2.30. The van der Waals surface area contributed by atoms with Crippen LogP contribution in [0, 0.1) is 0 Å². The third-order valence-corrected chi connectivity index (χ3v) is 5.72. The highest BCUT2D eigenvalue weighted by Crippen LogP contribution is 2.28. The lowest BCUT2D eigenvalue weighted by molar-refractivity contribution is 0.0683.